The second kappa shape index (κ2) is 6.31. The van der Waals surface area contributed by atoms with Crippen LogP contribution in [0.1, 0.15) is 5.56 Å². The lowest BCUT2D eigenvalue weighted by Crippen LogP contribution is -2.06. The van der Waals surface area contributed by atoms with E-state index in [4.69, 9.17) is 16.1 Å². The Morgan fingerprint density at radius 1 is 1.11 bits per heavy atom. The number of aromatic nitrogens is 4. The van der Waals surface area contributed by atoms with Crippen LogP contribution in [0.15, 0.2) is 45.7 Å². The maximum atomic E-state index is 13.2. The second-order valence-corrected chi connectivity index (χ2v) is 6.74. The molecular formula is C16H6BrClF4N4O. The lowest BCUT2D eigenvalue weighted by Gasteiger charge is -2.07. The zero-order valence-corrected chi connectivity index (χ0v) is 15.3. The Morgan fingerprint density at radius 3 is 2.59 bits per heavy atom. The number of hydrogen-bond donors (Lipinski definition) is 0. The van der Waals surface area contributed by atoms with E-state index in [1.54, 1.807) is 0 Å². The number of halogens is 6. The average Bonchev–Trinajstić information content (AvgIpc) is 3.20. The average molecular weight is 462 g/mol. The van der Waals surface area contributed by atoms with E-state index >= 15 is 0 Å². The van der Waals surface area contributed by atoms with Gasteiger partial charge in [-0.2, -0.15) is 18.2 Å². The van der Waals surface area contributed by atoms with E-state index < -0.39 is 17.6 Å². The third-order valence-electron chi connectivity index (χ3n) is 3.65. The smallest absolute Gasteiger partial charge is 0.332 e. The molecule has 0 aliphatic carbocycles. The summed E-state index contributed by atoms with van der Waals surface area (Å²) in [6.07, 6.45) is -2.26. The van der Waals surface area contributed by atoms with E-state index in [1.807, 2.05) is 0 Å². The Morgan fingerprint density at radius 2 is 1.89 bits per heavy atom. The number of alkyl halides is 3. The first kappa shape index (κ1) is 17.9. The summed E-state index contributed by atoms with van der Waals surface area (Å²) < 4.78 is 58.5. The summed E-state index contributed by atoms with van der Waals surface area (Å²) >= 11 is 9.05. The summed E-state index contributed by atoms with van der Waals surface area (Å²) in [7, 11) is 0. The SMILES string of the molecule is Fc1ccc(-c2noc(-c3cn4cc(C(F)(F)F)cc(Br)c4n3)n2)c(Cl)c1. The Balaban J connectivity index is 1.77. The number of imidazole rings is 1. The van der Waals surface area contributed by atoms with Crippen LogP contribution in [-0.2, 0) is 6.18 Å². The van der Waals surface area contributed by atoms with Crippen LogP contribution in [0, 0.1) is 5.82 Å². The lowest BCUT2D eigenvalue weighted by atomic mass is 10.2. The van der Waals surface area contributed by atoms with Gasteiger partial charge in [-0.25, -0.2) is 9.37 Å². The fraction of sp³-hybridized carbons (Fsp3) is 0.0625. The quantitative estimate of drug-likeness (QED) is 0.363. The lowest BCUT2D eigenvalue weighted by molar-refractivity contribution is -0.137. The molecule has 11 heteroatoms. The van der Waals surface area contributed by atoms with Gasteiger partial charge >= 0.3 is 6.18 Å². The predicted molar refractivity (Wildman–Crippen MR) is 91.6 cm³/mol. The highest BCUT2D eigenvalue weighted by Gasteiger charge is 2.32. The highest BCUT2D eigenvalue weighted by molar-refractivity contribution is 9.10. The fourth-order valence-corrected chi connectivity index (χ4v) is 3.21. The molecule has 1 aromatic carbocycles. The summed E-state index contributed by atoms with van der Waals surface area (Å²) in [5.41, 5.74) is -0.0721. The molecule has 0 fully saturated rings. The van der Waals surface area contributed by atoms with Gasteiger partial charge in [0.25, 0.3) is 5.89 Å². The molecule has 0 atom stereocenters. The topological polar surface area (TPSA) is 56.2 Å². The van der Waals surface area contributed by atoms with E-state index in [0.29, 0.717) is 5.56 Å². The van der Waals surface area contributed by atoms with Crippen LogP contribution in [0.2, 0.25) is 5.02 Å². The number of nitrogens with zero attached hydrogens (tertiary/aromatic N) is 4. The van der Waals surface area contributed by atoms with Crippen molar-refractivity contribution >= 4 is 33.2 Å². The highest BCUT2D eigenvalue weighted by Crippen LogP contribution is 2.33. The molecule has 0 aliphatic rings. The zero-order valence-electron chi connectivity index (χ0n) is 12.9. The molecule has 0 bridgehead atoms. The monoisotopic (exact) mass is 460 g/mol. The van der Waals surface area contributed by atoms with Crippen LogP contribution >= 0.6 is 27.5 Å². The summed E-state index contributed by atoms with van der Waals surface area (Å²) in [6, 6.07) is 4.62. The molecule has 0 aliphatic heterocycles. The van der Waals surface area contributed by atoms with Gasteiger partial charge < -0.3 is 8.92 Å². The molecule has 0 saturated carbocycles. The Kier molecular flexibility index (Phi) is 4.19. The maximum absolute atomic E-state index is 13.2. The van der Waals surface area contributed by atoms with Crippen LogP contribution in [0.3, 0.4) is 0 Å². The second-order valence-electron chi connectivity index (χ2n) is 5.48. The molecule has 0 radical (unpaired) electrons. The molecule has 0 unspecified atom stereocenters. The first-order valence-electron chi connectivity index (χ1n) is 7.27. The summed E-state index contributed by atoms with van der Waals surface area (Å²) in [6.45, 7) is 0. The number of pyridine rings is 1. The van der Waals surface area contributed by atoms with Crippen molar-refractivity contribution in [1.82, 2.24) is 19.5 Å². The molecule has 138 valence electrons. The Bertz CT molecular complexity index is 1170. The van der Waals surface area contributed by atoms with Crippen LogP contribution in [0.25, 0.3) is 28.6 Å². The van der Waals surface area contributed by atoms with Gasteiger partial charge in [0, 0.05) is 18.0 Å². The molecule has 3 heterocycles. The molecule has 0 amide bonds. The Hall–Kier alpha value is -2.46. The van der Waals surface area contributed by atoms with Crippen molar-refractivity contribution in [3.05, 3.63) is 57.5 Å². The normalized spacial score (nSPS) is 12.1. The van der Waals surface area contributed by atoms with Gasteiger partial charge in [0.15, 0.2) is 5.65 Å². The van der Waals surface area contributed by atoms with Crippen molar-refractivity contribution in [3.8, 4) is 23.0 Å². The first-order chi connectivity index (χ1) is 12.7. The summed E-state index contributed by atoms with van der Waals surface area (Å²) in [4.78, 5) is 8.35. The molecule has 4 rings (SSSR count). The highest BCUT2D eigenvalue weighted by atomic mass is 79.9. The van der Waals surface area contributed by atoms with Crippen LogP contribution in [0.4, 0.5) is 17.6 Å². The van der Waals surface area contributed by atoms with E-state index in [9.17, 15) is 17.6 Å². The van der Waals surface area contributed by atoms with E-state index in [-0.39, 0.29) is 32.6 Å². The zero-order chi connectivity index (χ0) is 19.3. The molecule has 3 aromatic heterocycles. The van der Waals surface area contributed by atoms with Crippen molar-refractivity contribution in [2.24, 2.45) is 0 Å². The maximum Gasteiger partial charge on any atom is 0.417 e. The van der Waals surface area contributed by atoms with Crippen LogP contribution in [0.5, 0.6) is 0 Å². The van der Waals surface area contributed by atoms with Gasteiger partial charge in [0.2, 0.25) is 5.82 Å². The molecule has 4 aromatic rings. The van der Waals surface area contributed by atoms with Gasteiger partial charge in [-0.3, -0.25) is 0 Å². The molecule has 0 spiro atoms. The van der Waals surface area contributed by atoms with Gasteiger partial charge in [-0.05, 0) is 40.2 Å². The van der Waals surface area contributed by atoms with Gasteiger partial charge in [0.1, 0.15) is 11.5 Å². The van der Waals surface area contributed by atoms with E-state index in [0.717, 1.165) is 18.3 Å². The summed E-state index contributed by atoms with van der Waals surface area (Å²) in [5.74, 6) is -0.435. The van der Waals surface area contributed by atoms with Crippen molar-refractivity contribution < 1.29 is 22.1 Å². The minimum Gasteiger partial charge on any atom is -0.332 e. The molecule has 27 heavy (non-hydrogen) atoms. The van der Waals surface area contributed by atoms with Gasteiger partial charge in [-0.15, -0.1) is 0 Å². The molecule has 0 saturated heterocycles. The predicted octanol–water partition coefficient (Wildman–Crippen LogP) is 5.63. The first-order valence-corrected chi connectivity index (χ1v) is 8.44. The molecular weight excluding hydrogens is 456 g/mol. The standard InChI is InChI=1S/C16H6BrClF4N4O/c17-10-3-7(16(20,21)22)5-26-6-12(23-14(10)26)15-24-13(25-27-15)9-2-1-8(19)4-11(9)18/h1-6H. The third kappa shape index (κ3) is 3.30. The minimum atomic E-state index is -4.50. The fourth-order valence-electron chi connectivity index (χ4n) is 2.42. The van der Waals surface area contributed by atoms with Crippen molar-refractivity contribution in [3.63, 3.8) is 0 Å². The van der Waals surface area contributed by atoms with Crippen molar-refractivity contribution in [2.45, 2.75) is 6.18 Å². The van der Waals surface area contributed by atoms with E-state index in [2.05, 4.69) is 31.1 Å². The number of rotatable bonds is 2. The summed E-state index contributed by atoms with van der Waals surface area (Å²) in [5, 5.41) is 3.86. The van der Waals surface area contributed by atoms with Gasteiger partial charge in [0.05, 0.1) is 15.1 Å². The van der Waals surface area contributed by atoms with Crippen LogP contribution < -0.4 is 0 Å². The van der Waals surface area contributed by atoms with Gasteiger partial charge in [-0.1, -0.05) is 16.8 Å². The van der Waals surface area contributed by atoms with Crippen molar-refractivity contribution in [1.29, 1.82) is 0 Å². The Labute approximate surface area is 161 Å². The number of hydrogen-bond acceptors (Lipinski definition) is 4. The number of benzene rings is 1. The van der Waals surface area contributed by atoms with Crippen LogP contribution in [-0.4, -0.2) is 19.5 Å². The third-order valence-corrected chi connectivity index (χ3v) is 4.55. The van der Waals surface area contributed by atoms with Crippen molar-refractivity contribution in [2.75, 3.05) is 0 Å². The number of fused-ring (bicyclic) bond motifs is 1. The largest absolute Gasteiger partial charge is 0.417 e. The molecule has 0 N–H and O–H groups in total. The minimum absolute atomic E-state index is 0.0189. The molecule has 5 nitrogen and oxygen atoms in total. The van der Waals surface area contributed by atoms with E-state index in [1.165, 1.54) is 22.7 Å².